The molecule has 0 saturated carbocycles. The summed E-state index contributed by atoms with van der Waals surface area (Å²) >= 11 is 0. The van der Waals surface area contributed by atoms with Crippen molar-refractivity contribution in [2.45, 2.75) is 39.7 Å². The number of hydrogen-bond acceptors (Lipinski definition) is 3. The molecule has 108 valence electrons. The Labute approximate surface area is 122 Å². The Morgan fingerprint density at radius 3 is 2.26 bits per heavy atom. The van der Waals surface area contributed by atoms with Crippen LogP contribution in [0.25, 0.3) is 0 Å². The van der Waals surface area contributed by atoms with E-state index in [2.05, 4.69) is 26.1 Å². The molecule has 0 aromatic heterocycles. The van der Waals surface area contributed by atoms with Gasteiger partial charge in [-0.15, -0.1) is 0 Å². The lowest BCUT2D eigenvalue weighted by atomic mass is 10.1. The van der Waals surface area contributed by atoms with Crippen LogP contribution in [0.15, 0.2) is 24.3 Å². The van der Waals surface area contributed by atoms with Crippen LogP contribution in [0.3, 0.4) is 0 Å². The highest BCUT2D eigenvalue weighted by Crippen LogP contribution is 2.13. The van der Waals surface area contributed by atoms with E-state index in [0.29, 0.717) is 19.6 Å². The van der Waals surface area contributed by atoms with Crippen molar-refractivity contribution in [2.24, 2.45) is 0 Å². The molecule has 0 bridgehead atoms. The zero-order chi connectivity index (χ0) is 13.6. The first kappa shape index (κ1) is 17.9. The molecular weight excluding hydrogens is 262 g/mol. The lowest BCUT2D eigenvalue weighted by Gasteiger charge is -2.20. The van der Waals surface area contributed by atoms with Gasteiger partial charge in [-0.25, -0.2) is 0 Å². The second-order valence-corrected chi connectivity index (χ2v) is 5.31. The van der Waals surface area contributed by atoms with Gasteiger partial charge in [0.25, 0.3) is 0 Å². The second kappa shape index (κ2) is 8.18. The van der Waals surface area contributed by atoms with Gasteiger partial charge in [0.2, 0.25) is 0 Å². The molecule has 0 amide bonds. The highest BCUT2D eigenvalue weighted by Gasteiger charge is 2.10. The number of carbonyl (C=O) groups excluding carboxylic acids is 1. The van der Waals surface area contributed by atoms with E-state index in [1.165, 1.54) is 0 Å². The van der Waals surface area contributed by atoms with E-state index in [1.54, 1.807) is 0 Å². The number of rotatable bonds is 6. The van der Waals surface area contributed by atoms with Gasteiger partial charge in [0.15, 0.2) is 5.78 Å². The quantitative estimate of drug-likeness (QED) is 0.751. The van der Waals surface area contributed by atoms with E-state index in [-0.39, 0.29) is 23.7 Å². The molecule has 1 N–H and O–H groups in total. The van der Waals surface area contributed by atoms with E-state index in [4.69, 9.17) is 4.74 Å². The zero-order valence-electron chi connectivity index (χ0n) is 12.1. The summed E-state index contributed by atoms with van der Waals surface area (Å²) < 4.78 is 5.34. The van der Waals surface area contributed by atoms with Gasteiger partial charge in [0.05, 0.1) is 6.61 Å². The first-order valence-corrected chi connectivity index (χ1v) is 6.43. The van der Waals surface area contributed by atoms with Crippen LogP contribution in [0.2, 0.25) is 0 Å². The van der Waals surface area contributed by atoms with Crippen molar-refractivity contribution >= 4 is 5.78 Å². The van der Waals surface area contributed by atoms with Gasteiger partial charge in [-0.05, 0) is 52.0 Å². The van der Waals surface area contributed by atoms with Gasteiger partial charge >= 0.3 is 0 Å². The monoisotopic (exact) mass is 284 g/mol. The van der Waals surface area contributed by atoms with E-state index in [0.717, 1.165) is 11.3 Å². The second-order valence-electron chi connectivity index (χ2n) is 5.31. The molecule has 0 heterocycles. The van der Waals surface area contributed by atoms with Crippen LogP contribution in [-0.2, 0) is 0 Å². The Morgan fingerprint density at radius 2 is 1.79 bits per heavy atom. The third-order valence-electron chi connectivity index (χ3n) is 2.49. The fraction of sp³-hybridized carbons (Fsp3) is 0.533. The van der Waals surface area contributed by atoms with E-state index < -0.39 is 0 Å². The third kappa shape index (κ3) is 7.19. The summed E-state index contributed by atoms with van der Waals surface area (Å²) in [6, 6.07) is 7.33. The van der Waals surface area contributed by atoms with E-state index in [9.17, 15) is 4.79 Å². The van der Waals surface area contributed by atoms with Crippen LogP contribution >= 0.6 is 0 Å². The van der Waals surface area contributed by atoms with Crippen molar-refractivity contribution in [2.75, 3.05) is 13.2 Å². The first-order chi connectivity index (χ1) is 8.42. The Morgan fingerprint density at radius 1 is 1.21 bits per heavy atom. The molecule has 1 aromatic rings. The fourth-order valence-corrected chi connectivity index (χ4v) is 1.60. The number of ether oxygens (including phenoxy) is 1. The van der Waals surface area contributed by atoms with Gasteiger partial charge < -0.3 is 22.5 Å². The number of nitrogens with one attached hydrogen (secondary N) is 1. The van der Waals surface area contributed by atoms with Gasteiger partial charge in [-0.3, -0.25) is 4.79 Å². The van der Waals surface area contributed by atoms with Crippen LogP contribution in [-0.4, -0.2) is 24.5 Å². The highest BCUT2D eigenvalue weighted by atomic mass is 35.5. The van der Waals surface area contributed by atoms with Crippen molar-refractivity contribution in [3.05, 3.63) is 29.8 Å². The number of ketones is 1. The molecule has 0 radical (unpaired) electrons. The topological polar surface area (TPSA) is 38.3 Å². The summed E-state index contributed by atoms with van der Waals surface area (Å²) in [6.07, 6.45) is 0.519. The lowest BCUT2D eigenvalue weighted by Crippen LogP contribution is -3.00. The number of carbonyl (C=O) groups is 1. The zero-order valence-corrected chi connectivity index (χ0v) is 12.9. The molecule has 0 fully saturated rings. The molecule has 0 saturated heterocycles. The molecule has 3 nitrogen and oxygen atoms in total. The number of benzene rings is 1. The molecule has 4 heteroatoms. The summed E-state index contributed by atoms with van der Waals surface area (Å²) in [6.45, 7) is 9.56. The standard InChI is InChI=1S/C15H23NO2.ClH/c1-5-18-13-8-6-12(7-9-13)14(17)10-11-16-15(2,3)4;/h6-9,16H,5,10-11H2,1-4H3;1H/p-1. The van der Waals surface area contributed by atoms with Gasteiger partial charge in [0.1, 0.15) is 5.75 Å². The SMILES string of the molecule is CCOc1ccc(C(=O)CCNC(C)(C)C)cc1.[Cl-]. The number of hydrogen-bond donors (Lipinski definition) is 1. The Kier molecular flexibility index (Phi) is 7.72. The van der Waals surface area contributed by atoms with Crippen molar-refractivity contribution in [3.63, 3.8) is 0 Å². The maximum Gasteiger partial charge on any atom is 0.164 e. The van der Waals surface area contributed by atoms with Crippen LogP contribution in [0, 0.1) is 0 Å². The Hall–Kier alpha value is -1.06. The molecule has 0 spiro atoms. The summed E-state index contributed by atoms with van der Waals surface area (Å²) in [5.74, 6) is 0.969. The molecule has 19 heavy (non-hydrogen) atoms. The molecule has 0 unspecified atom stereocenters. The molecule has 0 aliphatic rings. The molecule has 1 aromatic carbocycles. The van der Waals surface area contributed by atoms with Crippen molar-refractivity contribution < 1.29 is 21.9 Å². The van der Waals surface area contributed by atoms with Crippen molar-refractivity contribution in [1.29, 1.82) is 0 Å². The third-order valence-corrected chi connectivity index (χ3v) is 2.49. The highest BCUT2D eigenvalue weighted by molar-refractivity contribution is 5.96. The van der Waals surface area contributed by atoms with Gasteiger partial charge in [0, 0.05) is 24.1 Å². The average Bonchev–Trinajstić information content (AvgIpc) is 2.28. The summed E-state index contributed by atoms with van der Waals surface area (Å²) in [4.78, 5) is 11.9. The minimum Gasteiger partial charge on any atom is -1.00 e. The predicted molar refractivity (Wildman–Crippen MR) is 74.3 cm³/mol. The van der Waals surface area contributed by atoms with Gasteiger partial charge in [-0.1, -0.05) is 0 Å². The predicted octanol–water partition coefficient (Wildman–Crippen LogP) is 0.0502. The summed E-state index contributed by atoms with van der Waals surface area (Å²) in [7, 11) is 0. The average molecular weight is 285 g/mol. The van der Waals surface area contributed by atoms with Gasteiger partial charge in [-0.2, -0.15) is 0 Å². The van der Waals surface area contributed by atoms with Crippen LogP contribution in [0.4, 0.5) is 0 Å². The minimum absolute atomic E-state index is 0. The molecular formula is C15H23ClNO2-. The molecule has 0 aliphatic heterocycles. The van der Waals surface area contributed by atoms with Crippen LogP contribution in [0.1, 0.15) is 44.5 Å². The van der Waals surface area contributed by atoms with Crippen LogP contribution < -0.4 is 22.5 Å². The largest absolute Gasteiger partial charge is 1.00 e. The summed E-state index contributed by atoms with van der Waals surface area (Å²) in [5, 5.41) is 3.31. The smallest absolute Gasteiger partial charge is 0.164 e. The number of halogens is 1. The molecule has 0 atom stereocenters. The normalized spacial score (nSPS) is 10.7. The van der Waals surface area contributed by atoms with Crippen molar-refractivity contribution in [3.8, 4) is 5.75 Å². The maximum atomic E-state index is 11.9. The van der Waals surface area contributed by atoms with E-state index in [1.807, 2.05) is 31.2 Å². The molecule has 1 rings (SSSR count). The first-order valence-electron chi connectivity index (χ1n) is 6.43. The lowest BCUT2D eigenvalue weighted by molar-refractivity contribution is -0.0000134. The molecule has 0 aliphatic carbocycles. The summed E-state index contributed by atoms with van der Waals surface area (Å²) in [5.41, 5.74) is 0.799. The fourth-order valence-electron chi connectivity index (χ4n) is 1.60. The van der Waals surface area contributed by atoms with Crippen molar-refractivity contribution in [1.82, 2.24) is 5.32 Å². The van der Waals surface area contributed by atoms with E-state index >= 15 is 0 Å². The Bertz CT molecular complexity index is 382. The minimum atomic E-state index is 0. The maximum absolute atomic E-state index is 11.9. The Balaban J connectivity index is 0.00000324. The van der Waals surface area contributed by atoms with Crippen LogP contribution in [0.5, 0.6) is 5.75 Å². The number of Topliss-reactive ketones (excluding diaryl/α,β-unsaturated/α-hetero) is 1.